The average molecular weight is 262 g/mol. The molecule has 1 heterocycles. The molecular formula is C13H18N4O2. The van der Waals surface area contributed by atoms with Gasteiger partial charge < -0.3 is 16.0 Å². The topological polar surface area (TPSA) is 73.5 Å². The predicted molar refractivity (Wildman–Crippen MR) is 74.5 cm³/mol. The number of urea groups is 2. The second-order valence-corrected chi connectivity index (χ2v) is 4.31. The molecule has 0 atom stereocenters. The van der Waals surface area contributed by atoms with Gasteiger partial charge in [0, 0.05) is 31.0 Å². The summed E-state index contributed by atoms with van der Waals surface area (Å²) in [7, 11) is 0. The molecule has 3 N–H and O–H groups in total. The van der Waals surface area contributed by atoms with E-state index >= 15 is 0 Å². The molecule has 4 amide bonds. The molecular weight excluding hydrogens is 244 g/mol. The van der Waals surface area contributed by atoms with Crippen molar-refractivity contribution in [3.8, 4) is 0 Å². The van der Waals surface area contributed by atoms with Gasteiger partial charge in [0.15, 0.2) is 0 Å². The molecule has 0 aliphatic carbocycles. The Morgan fingerprint density at radius 3 is 2.68 bits per heavy atom. The lowest BCUT2D eigenvalue weighted by Gasteiger charge is -2.14. The fraction of sp³-hybridized carbons (Fsp3) is 0.385. The molecule has 1 saturated heterocycles. The maximum Gasteiger partial charge on any atom is 0.321 e. The van der Waals surface area contributed by atoms with Crippen molar-refractivity contribution in [1.82, 2.24) is 10.6 Å². The van der Waals surface area contributed by atoms with Gasteiger partial charge in [-0.2, -0.15) is 0 Å². The molecule has 0 unspecified atom stereocenters. The van der Waals surface area contributed by atoms with Gasteiger partial charge in [-0.05, 0) is 30.7 Å². The number of nitrogens with one attached hydrogen (secondary N) is 3. The number of carbonyl (C=O) groups is 2. The van der Waals surface area contributed by atoms with E-state index in [2.05, 4.69) is 16.0 Å². The summed E-state index contributed by atoms with van der Waals surface area (Å²) in [6, 6.07) is 6.91. The van der Waals surface area contributed by atoms with Crippen molar-refractivity contribution in [2.45, 2.75) is 13.3 Å². The van der Waals surface area contributed by atoms with Gasteiger partial charge in [-0.15, -0.1) is 0 Å². The van der Waals surface area contributed by atoms with Crippen molar-refractivity contribution >= 4 is 23.4 Å². The van der Waals surface area contributed by atoms with Gasteiger partial charge >= 0.3 is 12.1 Å². The van der Waals surface area contributed by atoms with Crippen LogP contribution in [-0.4, -0.2) is 31.7 Å². The minimum Gasteiger partial charge on any atom is -0.338 e. The van der Waals surface area contributed by atoms with E-state index in [1.165, 1.54) is 0 Å². The first-order valence-electron chi connectivity index (χ1n) is 6.41. The second-order valence-electron chi connectivity index (χ2n) is 4.31. The summed E-state index contributed by atoms with van der Waals surface area (Å²) in [5.74, 6) is 0. The maximum atomic E-state index is 11.5. The molecule has 1 aliphatic heterocycles. The Morgan fingerprint density at radius 2 is 2.11 bits per heavy atom. The van der Waals surface area contributed by atoms with Gasteiger partial charge in [0.05, 0.1) is 0 Å². The monoisotopic (exact) mass is 262 g/mol. The molecule has 1 fully saturated rings. The highest BCUT2D eigenvalue weighted by Gasteiger charge is 2.20. The zero-order valence-electron chi connectivity index (χ0n) is 10.9. The van der Waals surface area contributed by atoms with Gasteiger partial charge in [-0.1, -0.05) is 6.92 Å². The molecule has 0 aromatic heterocycles. The van der Waals surface area contributed by atoms with Crippen molar-refractivity contribution in [2.75, 3.05) is 29.9 Å². The smallest absolute Gasteiger partial charge is 0.321 e. The third kappa shape index (κ3) is 3.37. The highest BCUT2D eigenvalue weighted by molar-refractivity contribution is 5.94. The Morgan fingerprint density at radius 1 is 1.37 bits per heavy atom. The normalized spacial score (nSPS) is 14.2. The van der Waals surface area contributed by atoms with Crippen molar-refractivity contribution in [3.05, 3.63) is 24.3 Å². The molecule has 1 aromatic carbocycles. The zero-order valence-corrected chi connectivity index (χ0v) is 10.9. The van der Waals surface area contributed by atoms with E-state index < -0.39 is 0 Å². The van der Waals surface area contributed by atoms with E-state index in [1.54, 1.807) is 17.0 Å². The van der Waals surface area contributed by atoms with Crippen LogP contribution in [0.4, 0.5) is 21.0 Å². The van der Waals surface area contributed by atoms with E-state index in [0.717, 1.165) is 12.1 Å². The zero-order chi connectivity index (χ0) is 13.7. The van der Waals surface area contributed by atoms with Crippen LogP contribution in [0, 0.1) is 0 Å². The lowest BCUT2D eigenvalue weighted by atomic mass is 10.2. The van der Waals surface area contributed by atoms with E-state index in [-0.39, 0.29) is 12.1 Å². The van der Waals surface area contributed by atoms with Gasteiger partial charge in [-0.25, -0.2) is 9.59 Å². The molecule has 0 bridgehead atoms. The molecule has 0 saturated carbocycles. The largest absolute Gasteiger partial charge is 0.338 e. The van der Waals surface area contributed by atoms with Crippen LogP contribution in [0.3, 0.4) is 0 Å². The number of hydrogen-bond donors (Lipinski definition) is 3. The summed E-state index contributed by atoms with van der Waals surface area (Å²) < 4.78 is 0. The van der Waals surface area contributed by atoms with E-state index in [4.69, 9.17) is 0 Å². The summed E-state index contributed by atoms with van der Waals surface area (Å²) in [6.45, 7) is 3.98. The van der Waals surface area contributed by atoms with Gasteiger partial charge in [0.25, 0.3) is 0 Å². The number of hydrogen-bond acceptors (Lipinski definition) is 2. The maximum absolute atomic E-state index is 11.5. The Hall–Kier alpha value is -2.24. The summed E-state index contributed by atoms with van der Waals surface area (Å²) in [5.41, 5.74) is 1.53. The van der Waals surface area contributed by atoms with E-state index in [0.29, 0.717) is 25.3 Å². The van der Waals surface area contributed by atoms with Crippen LogP contribution in [0.5, 0.6) is 0 Å². The Balaban J connectivity index is 1.94. The van der Waals surface area contributed by atoms with Crippen LogP contribution in [0.25, 0.3) is 0 Å². The van der Waals surface area contributed by atoms with Crippen LogP contribution in [-0.2, 0) is 0 Å². The lowest BCUT2D eigenvalue weighted by molar-refractivity contribution is 0.251. The third-order valence-corrected chi connectivity index (χ3v) is 2.83. The molecule has 1 aromatic rings. The average Bonchev–Trinajstić information content (AvgIpc) is 2.83. The standard InChI is InChI=1S/C13H18N4O2/c1-2-7-14-12(18)16-10-3-5-11(6-4-10)17-9-8-15-13(17)19/h3-6H,2,7-9H2,1H3,(H,15,19)(H2,14,16,18). The molecule has 6 heteroatoms. The number of carbonyl (C=O) groups excluding carboxylic acids is 2. The van der Waals surface area contributed by atoms with Crippen molar-refractivity contribution in [2.24, 2.45) is 0 Å². The van der Waals surface area contributed by atoms with E-state index in [9.17, 15) is 9.59 Å². The summed E-state index contributed by atoms with van der Waals surface area (Å²) in [4.78, 5) is 24.6. The van der Waals surface area contributed by atoms with Crippen LogP contribution < -0.4 is 20.9 Å². The fourth-order valence-electron chi connectivity index (χ4n) is 1.86. The van der Waals surface area contributed by atoms with Gasteiger partial charge in [0.2, 0.25) is 0 Å². The van der Waals surface area contributed by atoms with Gasteiger partial charge in [-0.3, -0.25) is 4.90 Å². The molecule has 102 valence electrons. The summed E-state index contributed by atoms with van der Waals surface area (Å²) in [5, 5.41) is 8.21. The minimum absolute atomic E-state index is 0.0820. The summed E-state index contributed by atoms with van der Waals surface area (Å²) in [6.07, 6.45) is 0.899. The minimum atomic E-state index is -0.214. The number of anilines is 2. The van der Waals surface area contributed by atoms with Crippen molar-refractivity contribution in [1.29, 1.82) is 0 Å². The molecule has 19 heavy (non-hydrogen) atoms. The Labute approximate surface area is 112 Å². The highest BCUT2D eigenvalue weighted by atomic mass is 16.2. The first kappa shape index (κ1) is 13.2. The van der Waals surface area contributed by atoms with Gasteiger partial charge in [0.1, 0.15) is 0 Å². The number of nitrogens with zero attached hydrogens (tertiary/aromatic N) is 1. The SMILES string of the molecule is CCCNC(=O)Nc1ccc(N2CCNC2=O)cc1. The Kier molecular flexibility index (Phi) is 4.22. The Bertz CT molecular complexity index is 458. The van der Waals surface area contributed by atoms with Crippen LogP contribution in [0.2, 0.25) is 0 Å². The molecule has 6 nitrogen and oxygen atoms in total. The summed E-state index contributed by atoms with van der Waals surface area (Å²) >= 11 is 0. The molecule has 0 spiro atoms. The predicted octanol–water partition coefficient (Wildman–Crippen LogP) is 1.75. The van der Waals surface area contributed by atoms with Crippen LogP contribution >= 0.6 is 0 Å². The molecule has 1 aliphatic rings. The number of rotatable bonds is 4. The molecule has 2 rings (SSSR count). The fourth-order valence-corrected chi connectivity index (χ4v) is 1.86. The number of benzene rings is 1. The molecule has 0 radical (unpaired) electrons. The highest BCUT2D eigenvalue weighted by Crippen LogP contribution is 2.19. The quantitative estimate of drug-likeness (QED) is 0.773. The van der Waals surface area contributed by atoms with Crippen molar-refractivity contribution < 1.29 is 9.59 Å². The van der Waals surface area contributed by atoms with Crippen LogP contribution in [0.15, 0.2) is 24.3 Å². The van der Waals surface area contributed by atoms with E-state index in [1.807, 2.05) is 19.1 Å². The first-order chi connectivity index (χ1) is 9.20. The van der Waals surface area contributed by atoms with Crippen molar-refractivity contribution in [3.63, 3.8) is 0 Å². The first-order valence-corrected chi connectivity index (χ1v) is 6.41. The number of amides is 4. The third-order valence-electron chi connectivity index (χ3n) is 2.83. The second kappa shape index (κ2) is 6.08. The van der Waals surface area contributed by atoms with Crippen LogP contribution in [0.1, 0.15) is 13.3 Å². The lowest BCUT2D eigenvalue weighted by Crippen LogP contribution is -2.29.